The van der Waals surface area contributed by atoms with Gasteiger partial charge in [0.1, 0.15) is 0 Å². The molecular formula is C13H23N3O. The van der Waals surface area contributed by atoms with Crippen molar-refractivity contribution in [1.82, 2.24) is 15.1 Å². The minimum atomic E-state index is 0.387. The molecule has 0 spiro atoms. The van der Waals surface area contributed by atoms with E-state index in [2.05, 4.69) is 30.5 Å². The van der Waals surface area contributed by atoms with E-state index < -0.39 is 0 Å². The van der Waals surface area contributed by atoms with E-state index in [-0.39, 0.29) is 0 Å². The fraction of sp³-hybridized carbons (Fsp3) is 0.769. The van der Waals surface area contributed by atoms with Crippen molar-refractivity contribution in [2.45, 2.75) is 39.3 Å². The van der Waals surface area contributed by atoms with Gasteiger partial charge in [0, 0.05) is 37.6 Å². The molecule has 0 amide bonds. The van der Waals surface area contributed by atoms with Crippen LogP contribution in [0, 0.1) is 5.92 Å². The van der Waals surface area contributed by atoms with Crippen molar-refractivity contribution in [3.8, 4) is 0 Å². The third kappa shape index (κ3) is 3.54. The van der Waals surface area contributed by atoms with Crippen molar-refractivity contribution >= 4 is 0 Å². The van der Waals surface area contributed by atoms with Crippen LogP contribution in [0.2, 0.25) is 0 Å². The summed E-state index contributed by atoms with van der Waals surface area (Å²) in [5.41, 5.74) is 1.28. The molecule has 1 N–H and O–H groups in total. The van der Waals surface area contributed by atoms with Crippen molar-refractivity contribution < 1.29 is 4.74 Å². The number of hydrogen-bond acceptors (Lipinski definition) is 3. The number of nitrogens with one attached hydrogen (secondary N) is 1. The molecule has 2 heterocycles. The SMILES string of the molecule is CCn1cc(C(C)NCC2CCOCC2)cn1. The van der Waals surface area contributed by atoms with Gasteiger partial charge >= 0.3 is 0 Å². The Morgan fingerprint density at radius 3 is 2.94 bits per heavy atom. The van der Waals surface area contributed by atoms with E-state index in [9.17, 15) is 0 Å². The summed E-state index contributed by atoms with van der Waals surface area (Å²) in [6, 6.07) is 0.387. The summed E-state index contributed by atoms with van der Waals surface area (Å²) in [6.45, 7) is 8.19. The number of nitrogens with zero attached hydrogens (tertiary/aromatic N) is 2. The molecule has 0 radical (unpaired) electrons. The molecule has 0 bridgehead atoms. The van der Waals surface area contributed by atoms with Crippen molar-refractivity contribution in [2.75, 3.05) is 19.8 Å². The van der Waals surface area contributed by atoms with E-state index in [1.807, 2.05) is 10.9 Å². The van der Waals surface area contributed by atoms with Gasteiger partial charge in [0.15, 0.2) is 0 Å². The molecule has 1 unspecified atom stereocenters. The van der Waals surface area contributed by atoms with Gasteiger partial charge in [0.05, 0.1) is 6.20 Å². The van der Waals surface area contributed by atoms with Crippen LogP contribution in [0.4, 0.5) is 0 Å². The highest BCUT2D eigenvalue weighted by Crippen LogP contribution is 2.16. The van der Waals surface area contributed by atoms with Gasteiger partial charge in [-0.2, -0.15) is 5.10 Å². The zero-order chi connectivity index (χ0) is 12.1. The van der Waals surface area contributed by atoms with Crippen molar-refractivity contribution in [3.63, 3.8) is 0 Å². The molecule has 4 heteroatoms. The lowest BCUT2D eigenvalue weighted by Gasteiger charge is -2.24. The Morgan fingerprint density at radius 1 is 1.53 bits per heavy atom. The molecule has 0 saturated carbocycles. The average molecular weight is 237 g/mol. The number of rotatable bonds is 5. The highest BCUT2D eigenvalue weighted by molar-refractivity contribution is 5.09. The maximum absolute atomic E-state index is 5.37. The van der Waals surface area contributed by atoms with Gasteiger partial charge in [-0.3, -0.25) is 4.68 Å². The fourth-order valence-corrected chi connectivity index (χ4v) is 2.19. The predicted molar refractivity (Wildman–Crippen MR) is 67.9 cm³/mol. The number of ether oxygens (including phenoxy) is 1. The topological polar surface area (TPSA) is 39.1 Å². The minimum Gasteiger partial charge on any atom is -0.381 e. The van der Waals surface area contributed by atoms with Crippen LogP contribution < -0.4 is 5.32 Å². The maximum Gasteiger partial charge on any atom is 0.0537 e. The van der Waals surface area contributed by atoms with Gasteiger partial charge in [-0.05, 0) is 39.2 Å². The zero-order valence-electron chi connectivity index (χ0n) is 10.9. The second kappa shape index (κ2) is 6.17. The highest BCUT2D eigenvalue weighted by Gasteiger charge is 2.15. The first kappa shape index (κ1) is 12.6. The molecule has 1 aliphatic heterocycles. The van der Waals surface area contributed by atoms with Crippen molar-refractivity contribution in [3.05, 3.63) is 18.0 Å². The van der Waals surface area contributed by atoms with E-state index >= 15 is 0 Å². The quantitative estimate of drug-likeness (QED) is 0.851. The first-order valence-electron chi connectivity index (χ1n) is 6.63. The highest BCUT2D eigenvalue weighted by atomic mass is 16.5. The molecule has 1 fully saturated rings. The van der Waals surface area contributed by atoms with Gasteiger partial charge in [0.25, 0.3) is 0 Å². The summed E-state index contributed by atoms with van der Waals surface area (Å²) < 4.78 is 7.34. The van der Waals surface area contributed by atoms with Gasteiger partial charge in [-0.25, -0.2) is 0 Å². The Balaban J connectivity index is 1.77. The van der Waals surface area contributed by atoms with Gasteiger partial charge in [-0.15, -0.1) is 0 Å². The lowest BCUT2D eigenvalue weighted by atomic mass is 10.00. The molecular weight excluding hydrogens is 214 g/mol. The average Bonchev–Trinajstić information content (AvgIpc) is 2.86. The normalized spacial score (nSPS) is 19.4. The van der Waals surface area contributed by atoms with Crippen LogP contribution in [-0.4, -0.2) is 29.5 Å². The minimum absolute atomic E-state index is 0.387. The molecule has 1 aromatic rings. The summed E-state index contributed by atoms with van der Waals surface area (Å²) in [5.74, 6) is 0.771. The molecule has 17 heavy (non-hydrogen) atoms. The first-order valence-corrected chi connectivity index (χ1v) is 6.63. The van der Waals surface area contributed by atoms with Crippen molar-refractivity contribution in [1.29, 1.82) is 0 Å². The number of hydrogen-bond donors (Lipinski definition) is 1. The molecule has 2 rings (SSSR count). The molecule has 1 aliphatic rings. The summed E-state index contributed by atoms with van der Waals surface area (Å²) in [7, 11) is 0. The van der Waals surface area contributed by atoms with Crippen LogP contribution in [0.25, 0.3) is 0 Å². The Kier molecular flexibility index (Phi) is 4.57. The van der Waals surface area contributed by atoms with Crippen LogP contribution in [0.3, 0.4) is 0 Å². The monoisotopic (exact) mass is 237 g/mol. The van der Waals surface area contributed by atoms with Gasteiger partial charge in [0.2, 0.25) is 0 Å². The Labute approximate surface area is 103 Å². The largest absolute Gasteiger partial charge is 0.381 e. The second-order valence-electron chi connectivity index (χ2n) is 4.82. The molecule has 96 valence electrons. The first-order chi connectivity index (χ1) is 8.29. The molecule has 0 aliphatic carbocycles. The summed E-state index contributed by atoms with van der Waals surface area (Å²) >= 11 is 0. The molecule has 4 nitrogen and oxygen atoms in total. The number of aromatic nitrogens is 2. The van der Waals surface area contributed by atoms with Crippen LogP contribution in [0.1, 0.15) is 38.3 Å². The molecule has 0 aromatic carbocycles. The Hall–Kier alpha value is -0.870. The van der Waals surface area contributed by atoms with Crippen LogP contribution in [0.15, 0.2) is 12.4 Å². The second-order valence-corrected chi connectivity index (χ2v) is 4.82. The molecule has 1 saturated heterocycles. The zero-order valence-corrected chi connectivity index (χ0v) is 10.9. The maximum atomic E-state index is 5.37. The van der Waals surface area contributed by atoms with Crippen LogP contribution in [0.5, 0.6) is 0 Å². The third-order valence-electron chi connectivity index (χ3n) is 3.53. The molecule has 1 aromatic heterocycles. The summed E-state index contributed by atoms with van der Waals surface area (Å²) in [6.07, 6.45) is 6.47. The Morgan fingerprint density at radius 2 is 2.29 bits per heavy atom. The number of aryl methyl sites for hydroxylation is 1. The molecule has 1 atom stereocenters. The van der Waals surface area contributed by atoms with E-state index in [0.717, 1.165) is 32.2 Å². The van der Waals surface area contributed by atoms with E-state index in [4.69, 9.17) is 4.74 Å². The lowest BCUT2D eigenvalue weighted by molar-refractivity contribution is 0.0656. The predicted octanol–water partition coefficient (Wildman–Crippen LogP) is 1.98. The van der Waals surface area contributed by atoms with Gasteiger partial charge < -0.3 is 10.1 Å². The summed E-state index contributed by atoms with van der Waals surface area (Å²) in [4.78, 5) is 0. The Bertz CT molecular complexity index is 331. The lowest BCUT2D eigenvalue weighted by Crippen LogP contribution is -2.29. The fourth-order valence-electron chi connectivity index (χ4n) is 2.19. The smallest absolute Gasteiger partial charge is 0.0537 e. The van der Waals surface area contributed by atoms with Gasteiger partial charge in [-0.1, -0.05) is 0 Å². The standard InChI is InChI=1S/C13H23N3O/c1-3-16-10-13(9-15-16)11(2)14-8-12-4-6-17-7-5-12/h9-12,14H,3-8H2,1-2H3. The van der Waals surface area contributed by atoms with Crippen LogP contribution >= 0.6 is 0 Å². The summed E-state index contributed by atoms with van der Waals surface area (Å²) in [5, 5.41) is 7.90. The van der Waals surface area contributed by atoms with Crippen LogP contribution in [-0.2, 0) is 11.3 Å². The third-order valence-corrected chi connectivity index (χ3v) is 3.53. The van der Waals surface area contributed by atoms with E-state index in [1.54, 1.807) is 0 Å². The van der Waals surface area contributed by atoms with Crippen molar-refractivity contribution in [2.24, 2.45) is 5.92 Å². The van der Waals surface area contributed by atoms with E-state index in [1.165, 1.54) is 18.4 Å². The van der Waals surface area contributed by atoms with E-state index in [0.29, 0.717) is 6.04 Å².